The average Bonchev–Trinajstić information content (AvgIpc) is 2.76. The van der Waals surface area contributed by atoms with Crippen LogP contribution in [0.5, 0.6) is 0 Å². The topological polar surface area (TPSA) is 145 Å². The van der Waals surface area contributed by atoms with Gasteiger partial charge in [0, 0.05) is 13.1 Å². The first kappa shape index (κ1) is 27.1. The minimum atomic E-state index is -1.49. The predicted molar refractivity (Wildman–Crippen MR) is 124 cm³/mol. The number of piperidine rings is 1. The largest absolute Gasteiger partial charge is 0.480 e. The number of aliphatic hydroxyl groups excluding tert-OH is 1. The van der Waals surface area contributed by atoms with Gasteiger partial charge < -0.3 is 30.5 Å². The number of ether oxygens (including phenoxy) is 1. The van der Waals surface area contributed by atoms with Gasteiger partial charge in [-0.15, -0.1) is 0 Å². The van der Waals surface area contributed by atoms with Gasteiger partial charge in [-0.2, -0.15) is 0 Å². The Kier molecular flexibility index (Phi) is 8.66. The van der Waals surface area contributed by atoms with Gasteiger partial charge >= 0.3 is 12.1 Å². The van der Waals surface area contributed by atoms with Gasteiger partial charge in [0.15, 0.2) is 6.04 Å². The molecule has 0 bridgehead atoms. The van der Waals surface area contributed by atoms with Crippen LogP contribution in [-0.4, -0.2) is 75.9 Å². The molecular weight excluding hydrogens is 442 g/mol. The molecule has 0 spiro atoms. The first-order valence-electron chi connectivity index (χ1n) is 11.3. The lowest BCUT2D eigenvalue weighted by Crippen LogP contribution is -2.58. The van der Waals surface area contributed by atoms with Crippen molar-refractivity contribution in [3.05, 3.63) is 35.9 Å². The molecule has 34 heavy (non-hydrogen) atoms. The Morgan fingerprint density at radius 2 is 1.59 bits per heavy atom. The lowest BCUT2D eigenvalue weighted by atomic mass is 9.72. The standard InChI is InChI=1S/C24H35N3O7/c1-15(19(29)26-18(16(2)28)20(30)31)25-21(32)24(17-9-7-6-8-10-17)11-13-27(14-12-24)22(33)34-23(3,4)5/h6-10,15-16,18,28H,11-14H2,1-5H3,(H,25,32)(H,26,29)(H,30,31). The highest BCUT2D eigenvalue weighted by Crippen LogP contribution is 2.36. The van der Waals surface area contributed by atoms with Crippen molar-refractivity contribution < 1.29 is 34.1 Å². The van der Waals surface area contributed by atoms with Gasteiger partial charge in [-0.1, -0.05) is 30.3 Å². The Labute approximate surface area is 199 Å². The van der Waals surface area contributed by atoms with Crippen LogP contribution in [0, 0.1) is 0 Å². The fourth-order valence-corrected chi connectivity index (χ4v) is 3.87. The summed E-state index contributed by atoms with van der Waals surface area (Å²) in [5.41, 5.74) is -0.855. The summed E-state index contributed by atoms with van der Waals surface area (Å²) in [6.07, 6.45) is -1.11. The Morgan fingerprint density at radius 1 is 1.03 bits per heavy atom. The first-order valence-corrected chi connectivity index (χ1v) is 11.3. The maximum absolute atomic E-state index is 13.5. The summed E-state index contributed by atoms with van der Waals surface area (Å²) in [7, 11) is 0. The molecule has 0 radical (unpaired) electrons. The zero-order valence-corrected chi connectivity index (χ0v) is 20.3. The van der Waals surface area contributed by atoms with E-state index in [1.165, 1.54) is 13.8 Å². The maximum Gasteiger partial charge on any atom is 0.410 e. The monoisotopic (exact) mass is 477 g/mol. The molecule has 3 atom stereocenters. The van der Waals surface area contributed by atoms with Crippen LogP contribution in [-0.2, 0) is 24.5 Å². The molecule has 1 fully saturated rings. The molecular formula is C24H35N3O7. The highest BCUT2D eigenvalue weighted by molar-refractivity contribution is 5.94. The Morgan fingerprint density at radius 3 is 2.06 bits per heavy atom. The Balaban J connectivity index is 2.18. The number of hydrogen-bond acceptors (Lipinski definition) is 6. The molecule has 0 saturated carbocycles. The molecule has 4 N–H and O–H groups in total. The zero-order valence-electron chi connectivity index (χ0n) is 20.3. The summed E-state index contributed by atoms with van der Waals surface area (Å²) in [6.45, 7) is 8.65. The number of amides is 3. The highest BCUT2D eigenvalue weighted by atomic mass is 16.6. The van der Waals surface area contributed by atoms with Crippen molar-refractivity contribution >= 4 is 23.9 Å². The molecule has 1 aliphatic heterocycles. The Hall–Kier alpha value is -3.14. The van der Waals surface area contributed by atoms with Crippen LogP contribution in [0.2, 0.25) is 0 Å². The van der Waals surface area contributed by atoms with E-state index >= 15 is 0 Å². The van der Waals surface area contributed by atoms with Crippen LogP contribution >= 0.6 is 0 Å². The fraction of sp³-hybridized carbons (Fsp3) is 0.583. The van der Waals surface area contributed by atoms with Crippen LogP contribution in [0.4, 0.5) is 4.79 Å². The number of likely N-dealkylation sites (tertiary alicyclic amines) is 1. The average molecular weight is 478 g/mol. The van der Waals surface area contributed by atoms with Crippen LogP contribution in [0.3, 0.4) is 0 Å². The van der Waals surface area contributed by atoms with E-state index in [-0.39, 0.29) is 0 Å². The number of nitrogens with one attached hydrogen (secondary N) is 2. The highest BCUT2D eigenvalue weighted by Gasteiger charge is 2.45. The number of aliphatic carboxylic acids is 1. The fourth-order valence-electron chi connectivity index (χ4n) is 3.87. The molecule has 1 heterocycles. The number of benzene rings is 1. The van der Waals surface area contributed by atoms with Crippen molar-refractivity contribution in [2.75, 3.05) is 13.1 Å². The van der Waals surface area contributed by atoms with E-state index < -0.39 is 53.1 Å². The van der Waals surface area contributed by atoms with E-state index in [1.807, 2.05) is 30.3 Å². The van der Waals surface area contributed by atoms with Crippen molar-refractivity contribution in [1.82, 2.24) is 15.5 Å². The minimum absolute atomic E-state index is 0.293. The maximum atomic E-state index is 13.5. The number of carboxylic acids is 1. The van der Waals surface area contributed by atoms with Crippen LogP contribution in [0.1, 0.15) is 53.0 Å². The van der Waals surface area contributed by atoms with E-state index in [9.17, 15) is 29.4 Å². The van der Waals surface area contributed by atoms with E-state index in [0.29, 0.717) is 25.9 Å². The molecule has 3 amide bonds. The number of carboxylic acid groups (broad SMARTS) is 1. The van der Waals surface area contributed by atoms with Crippen LogP contribution in [0.15, 0.2) is 30.3 Å². The molecule has 0 aromatic heterocycles. The third-order valence-electron chi connectivity index (χ3n) is 5.82. The summed E-state index contributed by atoms with van der Waals surface area (Å²) in [5.74, 6) is -2.50. The van der Waals surface area contributed by atoms with E-state index in [0.717, 1.165) is 5.56 Å². The smallest absolute Gasteiger partial charge is 0.410 e. The molecule has 1 saturated heterocycles. The molecule has 188 valence electrons. The quantitative estimate of drug-likeness (QED) is 0.464. The predicted octanol–water partition coefficient (Wildman–Crippen LogP) is 1.41. The summed E-state index contributed by atoms with van der Waals surface area (Å²) < 4.78 is 5.45. The van der Waals surface area contributed by atoms with Crippen molar-refractivity contribution in [2.24, 2.45) is 0 Å². The zero-order chi connectivity index (χ0) is 25.7. The molecule has 10 nitrogen and oxygen atoms in total. The molecule has 10 heteroatoms. The van der Waals surface area contributed by atoms with Crippen molar-refractivity contribution in [1.29, 1.82) is 0 Å². The summed E-state index contributed by atoms with van der Waals surface area (Å²) in [5, 5.41) is 23.7. The van der Waals surface area contributed by atoms with Gasteiger partial charge in [0.25, 0.3) is 0 Å². The molecule has 3 unspecified atom stereocenters. The molecule has 1 aromatic carbocycles. The van der Waals surface area contributed by atoms with E-state index in [1.54, 1.807) is 25.7 Å². The van der Waals surface area contributed by atoms with Gasteiger partial charge in [0.05, 0.1) is 11.5 Å². The van der Waals surface area contributed by atoms with Gasteiger partial charge in [-0.25, -0.2) is 9.59 Å². The summed E-state index contributed by atoms with van der Waals surface area (Å²) in [4.78, 5) is 51.4. The number of aliphatic hydroxyl groups is 1. The second-order valence-corrected chi connectivity index (χ2v) is 9.68. The number of carbonyl (C=O) groups excluding carboxylic acids is 3. The van der Waals surface area contributed by atoms with Crippen molar-refractivity contribution in [3.63, 3.8) is 0 Å². The number of nitrogens with zero attached hydrogens (tertiary/aromatic N) is 1. The summed E-state index contributed by atoms with van der Waals surface area (Å²) >= 11 is 0. The first-order chi connectivity index (χ1) is 15.8. The second kappa shape index (κ2) is 10.9. The normalized spacial score (nSPS) is 18.2. The lowest BCUT2D eigenvalue weighted by molar-refractivity contribution is -0.145. The van der Waals surface area contributed by atoms with Crippen molar-refractivity contribution in [2.45, 2.75) is 76.7 Å². The molecule has 2 rings (SSSR count). The molecule has 0 aliphatic carbocycles. The minimum Gasteiger partial charge on any atom is -0.480 e. The van der Waals surface area contributed by atoms with Gasteiger partial charge in [-0.05, 0) is 53.0 Å². The third kappa shape index (κ3) is 6.69. The Bertz CT molecular complexity index is 888. The van der Waals surface area contributed by atoms with E-state index in [2.05, 4.69) is 10.6 Å². The van der Waals surface area contributed by atoms with Crippen LogP contribution in [0.25, 0.3) is 0 Å². The molecule has 1 aromatic rings. The van der Waals surface area contributed by atoms with Crippen LogP contribution < -0.4 is 10.6 Å². The second-order valence-electron chi connectivity index (χ2n) is 9.68. The third-order valence-corrected chi connectivity index (χ3v) is 5.82. The number of rotatable bonds is 7. The van der Waals surface area contributed by atoms with Gasteiger partial charge in [0.2, 0.25) is 11.8 Å². The lowest BCUT2D eigenvalue weighted by Gasteiger charge is -2.41. The van der Waals surface area contributed by atoms with Crippen molar-refractivity contribution in [3.8, 4) is 0 Å². The molecule has 1 aliphatic rings. The number of hydrogen-bond donors (Lipinski definition) is 4. The van der Waals surface area contributed by atoms with Gasteiger partial charge in [-0.3, -0.25) is 9.59 Å². The SMILES string of the molecule is CC(NC(=O)C1(c2ccccc2)CCN(C(=O)OC(C)(C)C)CC1)C(=O)NC(C(=O)O)C(C)O. The summed E-state index contributed by atoms with van der Waals surface area (Å²) in [6, 6.07) is 6.61. The number of carbonyl (C=O) groups is 4. The van der Waals surface area contributed by atoms with Gasteiger partial charge in [0.1, 0.15) is 11.6 Å². The van der Waals surface area contributed by atoms with E-state index in [4.69, 9.17) is 4.74 Å².